The standard InChI is InChI=1S/C5H3N5O3/c11-5-7-2(1-6-12)3-4(8-5)13-10-9-3/h1,12H,(H,7,8,11)/b6-1+. The summed E-state index contributed by atoms with van der Waals surface area (Å²) < 4.78 is 4.55. The molecule has 0 fully saturated rings. The number of fused-ring (bicyclic) bond motifs is 1. The molecule has 13 heavy (non-hydrogen) atoms. The average Bonchev–Trinajstić information content (AvgIpc) is 2.52. The first-order valence-electron chi connectivity index (χ1n) is 3.21. The fourth-order valence-electron chi connectivity index (χ4n) is 0.874. The van der Waals surface area contributed by atoms with Gasteiger partial charge in [-0.2, -0.15) is 4.98 Å². The van der Waals surface area contributed by atoms with Crippen molar-refractivity contribution in [3.63, 3.8) is 0 Å². The summed E-state index contributed by atoms with van der Waals surface area (Å²) in [5.41, 5.74) is -0.198. The van der Waals surface area contributed by atoms with E-state index >= 15 is 0 Å². The highest BCUT2D eigenvalue weighted by atomic mass is 16.5. The molecule has 66 valence electrons. The lowest BCUT2D eigenvalue weighted by Crippen LogP contribution is -2.12. The van der Waals surface area contributed by atoms with Crippen LogP contribution in [0.5, 0.6) is 0 Å². The van der Waals surface area contributed by atoms with Crippen molar-refractivity contribution in [2.24, 2.45) is 5.16 Å². The summed E-state index contributed by atoms with van der Waals surface area (Å²) in [6, 6.07) is 0. The predicted molar refractivity (Wildman–Crippen MR) is 39.6 cm³/mol. The van der Waals surface area contributed by atoms with Gasteiger partial charge in [-0.05, 0) is 0 Å². The molecule has 0 amide bonds. The Morgan fingerprint density at radius 3 is 3.23 bits per heavy atom. The Bertz CT molecular complexity index is 512. The van der Waals surface area contributed by atoms with Crippen molar-refractivity contribution in [3.8, 4) is 0 Å². The Labute approximate surface area is 69.9 Å². The summed E-state index contributed by atoms with van der Waals surface area (Å²) in [4.78, 5) is 16.6. The molecule has 0 aliphatic heterocycles. The normalized spacial score (nSPS) is 11.4. The molecule has 0 saturated heterocycles. The lowest BCUT2D eigenvalue weighted by Gasteiger charge is -1.88. The van der Waals surface area contributed by atoms with Gasteiger partial charge in [-0.15, -0.1) is 5.10 Å². The number of aromatic amines is 1. The minimum absolute atomic E-state index is 0.00125. The number of rotatable bonds is 1. The second kappa shape index (κ2) is 2.66. The molecule has 2 aromatic rings. The third-order valence-electron chi connectivity index (χ3n) is 1.36. The summed E-state index contributed by atoms with van der Waals surface area (Å²) in [5, 5.41) is 17.7. The Hall–Kier alpha value is -2.25. The maximum absolute atomic E-state index is 10.9. The van der Waals surface area contributed by atoms with Crippen molar-refractivity contribution in [2.45, 2.75) is 0 Å². The van der Waals surface area contributed by atoms with Crippen LogP contribution in [0.25, 0.3) is 11.2 Å². The van der Waals surface area contributed by atoms with Crippen molar-refractivity contribution in [3.05, 3.63) is 16.2 Å². The van der Waals surface area contributed by atoms with Crippen LogP contribution in [0.2, 0.25) is 0 Å². The smallest absolute Gasteiger partial charge is 0.348 e. The van der Waals surface area contributed by atoms with Gasteiger partial charge in [0.1, 0.15) is 0 Å². The number of hydrogen-bond donors (Lipinski definition) is 2. The molecule has 0 aliphatic carbocycles. The summed E-state index contributed by atoms with van der Waals surface area (Å²) in [6.45, 7) is 0. The highest BCUT2D eigenvalue weighted by Crippen LogP contribution is 2.05. The molecule has 0 aromatic carbocycles. The van der Waals surface area contributed by atoms with Crippen molar-refractivity contribution in [1.82, 2.24) is 20.3 Å². The number of hydrogen-bond acceptors (Lipinski definition) is 7. The molecular weight excluding hydrogens is 178 g/mol. The topological polar surface area (TPSA) is 117 Å². The predicted octanol–water partition coefficient (Wildman–Crippen LogP) is -0.886. The van der Waals surface area contributed by atoms with Gasteiger partial charge < -0.3 is 14.7 Å². The van der Waals surface area contributed by atoms with Gasteiger partial charge in [-0.25, -0.2) is 4.79 Å². The van der Waals surface area contributed by atoms with Gasteiger partial charge in [-0.1, -0.05) is 5.16 Å². The lowest BCUT2D eigenvalue weighted by molar-refractivity contribution is 0.321. The molecule has 0 radical (unpaired) electrons. The van der Waals surface area contributed by atoms with Crippen LogP contribution in [-0.4, -0.2) is 31.8 Å². The van der Waals surface area contributed by atoms with Gasteiger partial charge in [0.15, 0.2) is 5.52 Å². The zero-order chi connectivity index (χ0) is 9.26. The summed E-state index contributed by atoms with van der Waals surface area (Å²) in [6.07, 6.45) is 1.01. The molecule has 2 rings (SSSR count). The first-order chi connectivity index (χ1) is 6.31. The van der Waals surface area contributed by atoms with E-state index in [2.05, 4.69) is 30.0 Å². The Balaban J connectivity index is 2.84. The van der Waals surface area contributed by atoms with Crippen LogP contribution in [0.15, 0.2) is 14.5 Å². The van der Waals surface area contributed by atoms with Gasteiger partial charge >= 0.3 is 5.69 Å². The van der Waals surface area contributed by atoms with Gasteiger partial charge in [0.25, 0.3) is 5.71 Å². The van der Waals surface area contributed by atoms with Gasteiger partial charge in [0.05, 0.1) is 11.9 Å². The fraction of sp³-hybridized carbons (Fsp3) is 0. The van der Waals surface area contributed by atoms with Crippen LogP contribution in [0.4, 0.5) is 0 Å². The number of nitrogens with zero attached hydrogens (tertiary/aromatic N) is 4. The van der Waals surface area contributed by atoms with E-state index in [4.69, 9.17) is 5.21 Å². The molecule has 2 aromatic heterocycles. The highest BCUT2D eigenvalue weighted by molar-refractivity contribution is 5.90. The second-order valence-electron chi connectivity index (χ2n) is 2.13. The van der Waals surface area contributed by atoms with E-state index in [0.29, 0.717) is 0 Å². The quantitative estimate of drug-likeness (QED) is 0.335. The summed E-state index contributed by atoms with van der Waals surface area (Å²) >= 11 is 0. The SMILES string of the molecule is O=c1nc2onnc2c(/C=N/O)[nH]1. The maximum Gasteiger partial charge on any atom is 0.348 e. The van der Waals surface area contributed by atoms with Crippen LogP contribution in [-0.2, 0) is 0 Å². The zero-order valence-corrected chi connectivity index (χ0v) is 6.13. The third kappa shape index (κ3) is 1.13. The van der Waals surface area contributed by atoms with E-state index < -0.39 is 5.69 Å². The minimum atomic E-state index is -0.624. The van der Waals surface area contributed by atoms with Crippen LogP contribution in [0.3, 0.4) is 0 Å². The van der Waals surface area contributed by atoms with Crippen LogP contribution < -0.4 is 5.69 Å². The average molecular weight is 181 g/mol. The number of nitrogens with one attached hydrogen (secondary N) is 1. The Kier molecular flexibility index (Phi) is 1.51. The fourth-order valence-corrected chi connectivity index (χ4v) is 0.874. The van der Waals surface area contributed by atoms with E-state index in [1.807, 2.05) is 0 Å². The molecule has 0 spiro atoms. The molecule has 0 unspecified atom stereocenters. The molecule has 2 N–H and O–H groups in total. The first kappa shape index (κ1) is 7.40. The molecule has 8 heteroatoms. The molecule has 0 saturated carbocycles. The number of aromatic nitrogens is 4. The van der Waals surface area contributed by atoms with E-state index in [0.717, 1.165) is 6.21 Å². The number of H-pyrrole nitrogens is 1. The van der Waals surface area contributed by atoms with E-state index in [1.165, 1.54) is 0 Å². The van der Waals surface area contributed by atoms with Crippen molar-refractivity contribution < 1.29 is 9.73 Å². The van der Waals surface area contributed by atoms with Gasteiger partial charge in [0, 0.05) is 5.27 Å². The van der Waals surface area contributed by atoms with Crippen LogP contribution in [0.1, 0.15) is 5.69 Å². The van der Waals surface area contributed by atoms with E-state index in [-0.39, 0.29) is 16.9 Å². The largest absolute Gasteiger partial charge is 0.411 e. The molecule has 0 bridgehead atoms. The van der Waals surface area contributed by atoms with Crippen LogP contribution >= 0.6 is 0 Å². The lowest BCUT2D eigenvalue weighted by atomic mass is 10.4. The Morgan fingerprint density at radius 1 is 1.62 bits per heavy atom. The van der Waals surface area contributed by atoms with Crippen LogP contribution in [0, 0.1) is 0 Å². The molecule has 2 heterocycles. The first-order valence-corrected chi connectivity index (χ1v) is 3.21. The molecule has 0 aliphatic rings. The van der Waals surface area contributed by atoms with Gasteiger partial charge in [0.2, 0.25) is 0 Å². The molecule has 0 atom stereocenters. The second-order valence-corrected chi connectivity index (χ2v) is 2.13. The number of oxime groups is 1. The van der Waals surface area contributed by atoms with E-state index in [1.54, 1.807) is 0 Å². The third-order valence-corrected chi connectivity index (χ3v) is 1.36. The van der Waals surface area contributed by atoms with Crippen molar-refractivity contribution in [2.75, 3.05) is 0 Å². The van der Waals surface area contributed by atoms with E-state index in [9.17, 15) is 4.79 Å². The van der Waals surface area contributed by atoms with Crippen molar-refractivity contribution in [1.29, 1.82) is 0 Å². The van der Waals surface area contributed by atoms with Crippen molar-refractivity contribution >= 4 is 17.4 Å². The molecule has 8 nitrogen and oxygen atoms in total. The highest BCUT2D eigenvalue weighted by Gasteiger charge is 2.08. The Morgan fingerprint density at radius 2 is 2.46 bits per heavy atom. The molecular formula is C5H3N5O3. The monoisotopic (exact) mass is 181 g/mol. The zero-order valence-electron chi connectivity index (χ0n) is 6.13. The summed E-state index contributed by atoms with van der Waals surface area (Å²) in [7, 11) is 0. The van der Waals surface area contributed by atoms with Gasteiger partial charge in [-0.3, -0.25) is 0 Å². The summed E-state index contributed by atoms with van der Waals surface area (Å²) in [5.74, 6) is 0. The maximum atomic E-state index is 10.9. The minimum Gasteiger partial charge on any atom is -0.411 e.